The van der Waals surface area contributed by atoms with E-state index in [1.807, 2.05) is 6.07 Å². The molecule has 25 heavy (non-hydrogen) atoms. The van der Waals surface area contributed by atoms with Crippen molar-refractivity contribution < 1.29 is 14.3 Å². The number of aromatic nitrogens is 2. The van der Waals surface area contributed by atoms with Gasteiger partial charge >= 0.3 is 5.97 Å². The number of nitrogens with zero attached hydrogens (tertiary/aromatic N) is 1. The number of carbonyl (C=O) groups is 1. The SMILES string of the molecule is COCc1cccc(C(=O)O[C@H](C)c2nc3ccccc3c(=O)[nH]2)c1. The van der Waals surface area contributed by atoms with E-state index < -0.39 is 12.1 Å². The third-order valence-electron chi connectivity index (χ3n) is 3.77. The molecule has 0 bridgehead atoms. The number of carbonyl (C=O) groups excluding carboxylic acids is 1. The zero-order valence-electron chi connectivity index (χ0n) is 14.0. The van der Waals surface area contributed by atoms with Crippen LogP contribution in [0.5, 0.6) is 0 Å². The molecule has 3 aromatic rings. The van der Waals surface area contributed by atoms with Gasteiger partial charge in [-0.2, -0.15) is 0 Å². The molecule has 0 aliphatic heterocycles. The molecule has 1 heterocycles. The summed E-state index contributed by atoms with van der Waals surface area (Å²) in [6, 6.07) is 14.0. The zero-order valence-corrected chi connectivity index (χ0v) is 14.0. The average Bonchev–Trinajstić information content (AvgIpc) is 2.62. The van der Waals surface area contributed by atoms with Gasteiger partial charge < -0.3 is 14.5 Å². The predicted molar refractivity (Wildman–Crippen MR) is 93.3 cm³/mol. The molecule has 6 nitrogen and oxygen atoms in total. The fourth-order valence-electron chi connectivity index (χ4n) is 2.54. The maximum atomic E-state index is 12.4. The summed E-state index contributed by atoms with van der Waals surface area (Å²) in [5, 5.41) is 0.497. The minimum absolute atomic E-state index is 0.259. The van der Waals surface area contributed by atoms with Gasteiger partial charge in [0.15, 0.2) is 11.9 Å². The van der Waals surface area contributed by atoms with Crippen molar-refractivity contribution in [2.75, 3.05) is 7.11 Å². The van der Waals surface area contributed by atoms with Crippen molar-refractivity contribution in [1.29, 1.82) is 0 Å². The van der Waals surface area contributed by atoms with Crippen LogP contribution in [0.4, 0.5) is 0 Å². The highest BCUT2D eigenvalue weighted by Gasteiger charge is 2.17. The monoisotopic (exact) mass is 338 g/mol. The molecule has 0 aliphatic carbocycles. The second-order valence-corrected chi connectivity index (χ2v) is 5.65. The van der Waals surface area contributed by atoms with Crippen LogP contribution in [0, 0.1) is 0 Å². The number of aromatic amines is 1. The molecule has 2 aromatic carbocycles. The number of hydrogen-bond acceptors (Lipinski definition) is 5. The van der Waals surface area contributed by atoms with E-state index in [4.69, 9.17) is 9.47 Å². The standard InChI is InChI=1S/C19H18N2O4/c1-12(17-20-16-9-4-3-8-15(16)18(22)21-17)25-19(23)14-7-5-6-13(10-14)11-24-2/h3-10,12H,11H2,1-2H3,(H,20,21,22)/t12-/m1/s1. The van der Waals surface area contributed by atoms with Gasteiger partial charge in [0.1, 0.15) is 0 Å². The Hall–Kier alpha value is -2.99. The summed E-state index contributed by atoms with van der Waals surface area (Å²) < 4.78 is 10.5. The van der Waals surface area contributed by atoms with E-state index in [0.29, 0.717) is 28.9 Å². The van der Waals surface area contributed by atoms with Crippen LogP contribution >= 0.6 is 0 Å². The Bertz CT molecular complexity index is 965. The average molecular weight is 338 g/mol. The summed E-state index contributed by atoms with van der Waals surface area (Å²) in [5.41, 5.74) is 1.60. The Balaban J connectivity index is 1.82. The van der Waals surface area contributed by atoms with Gasteiger partial charge in [0.05, 0.1) is 23.1 Å². The van der Waals surface area contributed by atoms with Gasteiger partial charge in [-0.15, -0.1) is 0 Å². The normalized spacial score (nSPS) is 12.1. The third-order valence-corrected chi connectivity index (χ3v) is 3.77. The largest absolute Gasteiger partial charge is 0.451 e. The molecule has 3 rings (SSSR count). The Morgan fingerprint density at radius 2 is 2.00 bits per heavy atom. The molecule has 0 spiro atoms. The first-order valence-electron chi connectivity index (χ1n) is 7.86. The lowest BCUT2D eigenvalue weighted by atomic mass is 10.1. The molecule has 0 saturated carbocycles. The van der Waals surface area contributed by atoms with Crippen molar-refractivity contribution in [3.05, 3.63) is 75.8 Å². The molecule has 0 aliphatic rings. The first-order chi connectivity index (χ1) is 12.1. The summed E-state index contributed by atoms with van der Waals surface area (Å²) in [7, 11) is 1.59. The van der Waals surface area contributed by atoms with Crippen LogP contribution in [-0.2, 0) is 16.1 Å². The van der Waals surface area contributed by atoms with Crippen LogP contribution in [0.1, 0.15) is 34.8 Å². The Morgan fingerprint density at radius 1 is 1.20 bits per heavy atom. The molecule has 0 saturated heterocycles. The van der Waals surface area contributed by atoms with Crippen LogP contribution in [0.25, 0.3) is 10.9 Å². The lowest BCUT2D eigenvalue weighted by Gasteiger charge is -2.13. The molecule has 128 valence electrons. The first kappa shape index (κ1) is 16.9. The van der Waals surface area contributed by atoms with E-state index >= 15 is 0 Å². The lowest BCUT2D eigenvalue weighted by molar-refractivity contribution is 0.0319. The van der Waals surface area contributed by atoms with Gasteiger partial charge in [-0.1, -0.05) is 24.3 Å². The van der Waals surface area contributed by atoms with Crippen LogP contribution in [0.15, 0.2) is 53.3 Å². The molecule has 1 atom stereocenters. The highest BCUT2D eigenvalue weighted by molar-refractivity contribution is 5.89. The lowest BCUT2D eigenvalue weighted by Crippen LogP contribution is -2.17. The van der Waals surface area contributed by atoms with Crippen molar-refractivity contribution >= 4 is 16.9 Å². The highest BCUT2D eigenvalue weighted by atomic mass is 16.5. The molecule has 0 radical (unpaired) electrons. The molecule has 0 unspecified atom stereocenters. The van der Waals surface area contributed by atoms with Crippen LogP contribution in [0.3, 0.4) is 0 Å². The number of rotatable bonds is 5. The molecule has 6 heteroatoms. The molecular formula is C19H18N2O4. The molecule has 1 aromatic heterocycles. The van der Waals surface area contributed by atoms with Gasteiger partial charge in [-0.25, -0.2) is 9.78 Å². The van der Waals surface area contributed by atoms with Crippen LogP contribution in [-0.4, -0.2) is 23.0 Å². The van der Waals surface area contributed by atoms with E-state index in [1.54, 1.807) is 56.5 Å². The van der Waals surface area contributed by atoms with Gasteiger partial charge in [0, 0.05) is 7.11 Å². The van der Waals surface area contributed by atoms with Crippen molar-refractivity contribution in [3.63, 3.8) is 0 Å². The van der Waals surface area contributed by atoms with Gasteiger partial charge in [-0.3, -0.25) is 4.79 Å². The number of H-pyrrole nitrogens is 1. The number of nitrogens with one attached hydrogen (secondary N) is 1. The highest BCUT2D eigenvalue weighted by Crippen LogP contribution is 2.17. The maximum Gasteiger partial charge on any atom is 0.338 e. The smallest absolute Gasteiger partial charge is 0.338 e. The van der Waals surface area contributed by atoms with E-state index in [0.717, 1.165) is 5.56 Å². The van der Waals surface area contributed by atoms with Crippen molar-refractivity contribution in [3.8, 4) is 0 Å². The number of esters is 1. The molecular weight excluding hydrogens is 320 g/mol. The van der Waals surface area contributed by atoms with Crippen LogP contribution < -0.4 is 5.56 Å². The number of benzene rings is 2. The number of hydrogen-bond donors (Lipinski definition) is 1. The van der Waals surface area contributed by atoms with Gasteiger partial charge in [0.25, 0.3) is 5.56 Å². The van der Waals surface area contributed by atoms with Crippen molar-refractivity contribution in [2.24, 2.45) is 0 Å². The number of fused-ring (bicyclic) bond motifs is 1. The van der Waals surface area contributed by atoms with Crippen LogP contribution in [0.2, 0.25) is 0 Å². The van der Waals surface area contributed by atoms with Gasteiger partial charge in [-0.05, 0) is 36.8 Å². The molecule has 0 amide bonds. The summed E-state index contributed by atoms with van der Waals surface area (Å²) in [4.78, 5) is 31.5. The Morgan fingerprint density at radius 3 is 2.80 bits per heavy atom. The summed E-state index contributed by atoms with van der Waals surface area (Å²) in [5.74, 6) is -0.175. The van der Waals surface area contributed by atoms with E-state index in [9.17, 15) is 9.59 Å². The zero-order chi connectivity index (χ0) is 17.8. The summed E-state index contributed by atoms with van der Waals surface area (Å²) >= 11 is 0. The van der Waals surface area contributed by atoms with Crippen molar-refractivity contribution in [1.82, 2.24) is 9.97 Å². The van der Waals surface area contributed by atoms with E-state index in [-0.39, 0.29) is 5.56 Å². The Kier molecular flexibility index (Phi) is 4.90. The minimum Gasteiger partial charge on any atom is -0.451 e. The fraction of sp³-hybridized carbons (Fsp3) is 0.211. The topological polar surface area (TPSA) is 81.3 Å². The molecule has 1 N–H and O–H groups in total. The second-order valence-electron chi connectivity index (χ2n) is 5.65. The second kappa shape index (κ2) is 7.27. The summed E-state index contributed by atoms with van der Waals surface area (Å²) in [6.07, 6.45) is -0.684. The van der Waals surface area contributed by atoms with Crippen molar-refractivity contribution in [2.45, 2.75) is 19.6 Å². The Labute approximate surface area is 144 Å². The van der Waals surface area contributed by atoms with Gasteiger partial charge in [0.2, 0.25) is 0 Å². The third kappa shape index (κ3) is 3.75. The number of ether oxygens (including phenoxy) is 2. The first-order valence-corrected chi connectivity index (χ1v) is 7.86. The minimum atomic E-state index is -0.684. The quantitative estimate of drug-likeness (QED) is 0.723. The van der Waals surface area contributed by atoms with E-state index in [1.165, 1.54) is 0 Å². The fourth-order valence-corrected chi connectivity index (χ4v) is 2.54. The maximum absolute atomic E-state index is 12.4. The molecule has 0 fully saturated rings. The summed E-state index contributed by atoms with van der Waals surface area (Å²) in [6.45, 7) is 2.08. The van der Waals surface area contributed by atoms with E-state index in [2.05, 4.69) is 9.97 Å². The predicted octanol–water partition coefficient (Wildman–Crippen LogP) is 2.99. The number of methoxy groups -OCH3 is 1. The number of para-hydroxylation sites is 1.